The Kier molecular flexibility index (Phi) is 7.82. The molecule has 0 saturated heterocycles. The predicted octanol–water partition coefficient (Wildman–Crippen LogP) is 1.80. The molecule has 6 heteroatoms. The Morgan fingerprint density at radius 2 is 2.06 bits per heavy atom. The summed E-state index contributed by atoms with van der Waals surface area (Å²) in [4.78, 5) is 12.2. The number of amidine groups is 1. The molecule has 1 amide bonds. The summed E-state index contributed by atoms with van der Waals surface area (Å²) in [7, 11) is 0. The lowest BCUT2D eigenvalue weighted by atomic mass is 9.80. The summed E-state index contributed by atoms with van der Waals surface area (Å²) in [6.45, 7) is 6.46. The van der Waals surface area contributed by atoms with Crippen LogP contribution in [-0.2, 0) is 4.79 Å². The maximum atomic E-state index is 12.2. The molecule has 0 bridgehead atoms. The molecule has 0 saturated carbocycles. The van der Waals surface area contributed by atoms with E-state index in [2.05, 4.69) is 17.4 Å². The molecule has 0 radical (unpaired) electrons. The van der Waals surface area contributed by atoms with Crippen LogP contribution in [-0.4, -0.2) is 35.0 Å². The Morgan fingerprint density at radius 3 is 2.44 bits per heavy atom. The molecule has 5 nitrogen and oxygen atoms in total. The monoisotopic (exact) mass is 275 g/mol. The van der Waals surface area contributed by atoms with Gasteiger partial charge in [-0.25, -0.2) is 0 Å². The van der Waals surface area contributed by atoms with Gasteiger partial charge in [0.1, 0.15) is 5.41 Å². The summed E-state index contributed by atoms with van der Waals surface area (Å²) in [6, 6.07) is 0. The number of nitrogens with two attached hydrogens (primary N) is 1. The quantitative estimate of drug-likeness (QED) is 0.273. The predicted molar refractivity (Wildman–Crippen MR) is 77.0 cm³/mol. The second-order valence-corrected chi connectivity index (χ2v) is 5.64. The van der Waals surface area contributed by atoms with Gasteiger partial charge in [-0.1, -0.05) is 25.9 Å². The van der Waals surface area contributed by atoms with Crippen molar-refractivity contribution in [3.8, 4) is 0 Å². The standard InChI is InChI=1S/C12H25N3O2S/c1-5-12(6-2,10(13)15-17)11(16)14-8-7-9(3)18-4/h9,17H,5-8H2,1-4H3,(H2,13,15)(H,14,16). The molecular weight excluding hydrogens is 250 g/mol. The van der Waals surface area contributed by atoms with Gasteiger partial charge in [0, 0.05) is 11.8 Å². The van der Waals surface area contributed by atoms with Crippen molar-refractivity contribution in [1.82, 2.24) is 5.32 Å². The fourth-order valence-corrected chi connectivity index (χ4v) is 2.17. The second-order valence-electron chi connectivity index (χ2n) is 4.37. The van der Waals surface area contributed by atoms with E-state index in [1.54, 1.807) is 11.8 Å². The SMILES string of the molecule is CCC(CC)(C(=O)NCCC(C)SC)C(N)=NO. The molecule has 4 N–H and O–H groups in total. The maximum absolute atomic E-state index is 12.2. The number of hydrogen-bond acceptors (Lipinski definition) is 4. The van der Waals surface area contributed by atoms with Crippen molar-refractivity contribution >= 4 is 23.5 Å². The average Bonchev–Trinajstić information content (AvgIpc) is 2.40. The van der Waals surface area contributed by atoms with Crippen LogP contribution in [0.4, 0.5) is 0 Å². The Bertz CT molecular complexity index is 291. The van der Waals surface area contributed by atoms with Gasteiger partial charge in [0.2, 0.25) is 5.91 Å². The normalized spacial score (nSPS) is 14.3. The van der Waals surface area contributed by atoms with Gasteiger partial charge in [-0.3, -0.25) is 4.79 Å². The lowest BCUT2D eigenvalue weighted by molar-refractivity contribution is -0.128. The summed E-state index contributed by atoms with van der Waals surface area (Å²) in [5.41, 5.74) is 4.78. The van der Waals surface area contributed by atoms with E-state index in [0.29, 0.717) is 24.6 Å². The van der Waals surface area contributed by atoms with Crippen LogP contribution in [0.1, 0.15) is 40.0 Å². The molecule has 0 heterocycles. The molecule has 1 atom stereocenters. The van der Waals surface area contributed by atoms with Gasteiger partial charge in [0.25, 0.3) is 0 Å². The number of rotatable bonds is 8. The topological polar surface area (TPSA) is 87.7 Å². The summed E-state index contributed by atoms with van der Waals surface area (Å²) in [6.07, 6.45) is 3.99. The highest BCUT2D eigenvalue weighted by molar-refractivity contribution is 7.99. The Morgan fingerprint density at radius 1 is 1.50 bits per heavy atom. The minimum atomic E-state index is -0.892. The molecular formula is C12H25N3O2S. The number of oxime groups is 1. The first-order valence-electron chi connectivity index (χ1n) is 6.27. The van der Waals surface area contributed by atoms with E-state index in [1.807, 2.05) is 20.1 Å². The third-order valence-corrected chi connectivity index (χ3v) is 4.52. The first-order chi connectivity index (χ1) is 8.48. The smallest absolute Gasteiger partial charge is 0.233 e. The van der Waals surface area contributed by atoms with E-state index in [0.717, 1.165) is 6.42 Å². The van der Waals surface area contributed by atoms with Crippen molar-refractivity contribution in [2.24, 2.45) is 16.3 Å². The zero-order valence-electron chi connectivity index (χ0n) is 11.7. The van der Waals surface area contributed by atoms with Crippen LogP contribution in [0, 0.1) is 5.41 Å². The van der Waals surface area contributed by atoms with Crippen molar-refractivity contribution in [3.05, 3.63) is 0 Å². The van der Waals surface area contributed by atoms with Crippen molar-refractivity contribution in [3.63, 3.8) is 0 Å². The molecule has 1 unspecified atom stereocenters. The van der Waals surface area contributed by atoms with E-state index < -0.39 is 5.41 Å². The van der Waals surface area contributed by atoms with Gasteiger partial charge >= 0.3 is 0 Å². The first kappa shape index (κ1) is 17.1. The molecule has 0 aromatic rings. The van der Waals surface area contributed by atoms with Crippen molar-refractivity contribution in [1.29, 1.82) is 0 Å². The largest absolute Gasteiger partial charge is 0.409 e. The Hall–Kier alpha value is -0.910. The summed E-state index contributed by atoms with van der Waals surface area (Å²) < 4.78 is 0. The minimum absolute atomic E-state index is 0.0112. The van der Waals surface area contributed by atoms with E-state index >= 15 is 0 Å². The summed E-state index contributed by atoms with van der Waals surface area (Å²) in [5.74, 6) is -0.168. The van der Waals surface area contributed by atoms with E-state index in [1.165, 1.54) is 0 Å². The fourth-order valence-electron chi connectivity index (χ4n) is 1.82. The molecule has 0 aromatic carbocycles. The maximum Gasteiger partial charge on any atom is 0.233 e. The van der Waals surface area contributed by atoms with Gasteiger partial charge < -0.3 is 16.3 Å². The van der Waals surface area contributed by atoms with Crippen molar-refractivity contribution < 1.29 is 10.0 Å². The molecule has 0 aliphatic carbocycles. The molecule has 0 spiro atoms. The highest BCUT2D eigenvalue weighted by Crippen LogP contribution is 2.27. The lowest BCUT2D eigenvalue weighted by Gasteiger charge is -2.28. The zero-order valence-corrected chi connectivity index (χ0v) is 12.5. The van der Waals surface area contributed by atoms with Crippen LogP contribution in [0.25, 0.3) is 0 Å². The van der Waals surface area contributed by atoms with Crippen LogP contribution in [0.3, 0.4) is 0 Å². The zero-order chi connectivity index (χ0) is 14.2. The number of carbonyl (C=O) groups excluding carboxylic acids is 1. The molecule has 0 aliphatic heterocycles. The van der Waals surface area contributed by atoms with Crippen LogP contribution in [0.15, 0.2) is 5.16 Å². The number of nitrogens with zero attached hydrogens (tertiary/aromatic N) is 1. The highest BCUT2D eigenvalue weighted by Gasteiger charge is 2.39. The Labute approximate surface area is 114 Å². The fraction of sp³-hybridized carbons (Fsp3) is 0.833. The van der Waals surface area contributed by atoms with Gasteiger partial charge in [-0.15, -0.1) is 0 Å². The number of amides is 1. The number of thioether (sulfide) groups is 1. The molecule has 0 fully saturated rings. The highest BCUT2D eigenvalue weighted by atomic mass is 32.2. The van der Waals surface area contributed by atoms with E-state index in [-0.39, 0.29) is 11.7 Å². The lowest BCUT2D eigenvalue weighted by Crippen LogP contribution is -2.49. The van der Waals surface area contributed by atoms with Crippen LogP contribution in [0.2, 0.25) is 0 Å². The van der Waals surface area contributed by atoms with Crippen molar-refractivity contribution in [2.45, 2.75) is 45.3 Å². The second kappa shape index (κ2) is 8.24. The number of hydrogen-bond donors (Lipinski definition) is 3. The van der Waals surface area contributed by atoms with E-state index in [4.69, 9.17) is 10.9 Å². The number of nitrogens with one attached hydrogen (secondary N) is 1. The van der Waals surface area contributed by atoms with Gasteiger partial charge in [0.05, 0.1) is 0 Å². The third kappa shape index (κ3) is 4.08. The van der Waals surface area contributed by atoms with E-state index in [9.17, 15) is 4.79 Å². The van der Waals surface area contributed by atoms with Crippen LogP contribution < -0.4 is 11.1 Å². The molecule has 0 aromatic heterocycles. The summed E-state index contributed by atoms with van der Waals surface area (Å²) in [5, 5.41) is 15.2. The van der Waals surface area contributed by atoms with Crippen LogP contribution in [0.5, 0.6) is 0 Å². The minimum Gasteiger partial charge on any atom is -0.409 e. The molecule has 18 heavy (non-hydrogen) atoms. The molecule has 0 aliphatic rings. The number of carbonyl (C=O) groups is 1. The summed E-state index contributed by atoms with van der Waals surface area (Å²) >= 11 is 1.77. The van der Waals surface area contributed by atoms with Gasteiger partial charge in [-0.05, 0) is 25.5 Å². The average molecular weight is 275 g/mol. The van der Waals surface area contributed by atoms with Crippen molar-refractivity contribution in [2.75, 3.05) is 12.8 Å². The molecule has 0 rings (SSSR count). The van der Waals surface area contributed by atoms with Gasteiger partial charge in [0.15, 0.2) is 5.84 Å². The molecule has 106 valence electrons. The first-order valence-corrected chi connectivity index (χ1v) is 7.56. The Balaban J connectivity index is 4.60. The third-order valence-electron chi connectivity index (χ3n) is 3.48. The van der Waals surface area contributed by atoms with Gasteiger partial charge in [-0.2, -0.15) is 11.8 Å². The van der Waals surface area contributed by atoms with Crippen LogP contribution >= 0.6 is 11.8 Å².